The average Bonchev–Trinajstić information content (AvgIpc) is 2.43. The van der Waals surface area contributed by atoms with E-state index in [9.17, 15) is 13.6 Å². The second-order valence-corrected chi connectivity index (χ2v) is 2.75. The van der Waals surface area contributed by atoms with E-state index in [-0.39, 0.29) is 17.4 Å². The lowest BCUT2D eigenvalue weighted by atomic mass is 10.3. The molecule has 0 saturated heterocycles. The van der Waals surface area contributed by atoms with Gasteiger partial charge in [0.1, 0.15) is 5.69 Å². The van der Waals surface area contributed by atoms with Crippen molar-refractivity contribution in [3.05, 3.63) is 11.8 Å². The van der Waals surface area contributed by atoms with Crippen LogP contribution in [0.25, 0.3) is 0 Å². The maximum atomic E-state index is 11.8. The van der Waals surface area contributed by atoms with Crippen LogP contribution in [0.5, 0.6) is 5.88 Å². The minimum absolute atomic E-state index is 0.163. The van der Waals surface area contributed by atoms with Gasteiger partial charge in [-0.15, -0.1) is 0 Å². The summed E-state index contributed by atoms with van der Waals surface area (Å²) in [6, 6.07) is 1.34. The molecule has 0 saturated carbocycles. The zero-order valence-corrected chi connectivity index (χ0v) is 7.83. The Balaban J connectivity index is 2.72. The van der Waals surface area contributed by atoms with Gasteiger partial charge in [-0.05, 0) is 0 Å². The molecule has 0 radical (unpaired) electrons. The van der Waals surface area contributed by atoms with Gasteiger partial charge in [0.25, 0.3) is 6.43 Å². The van der Waals surface area contributed by atoms with Crippen LogP contribution in [0.2, 0.25) is 0 Å². The molecule has 0 fully saturated rings. The van der Waals surface area contributed by atoms with Crippen LogP contribution in [0.4, 0.5) is 8.78 Å². The number of ketones is 1. The molecule has 0 aliphatic carbocycles. The number of aryl methyl sites for hydroxylation is 1. The third kappa shape index (κ3) is 2.51. The molecular weight excluding hydrogens is 194 g/mol. The van der Waals surface area contributed by atoms with Gasteiger partial charge in [-0.25, -0.2) is 13.5 Å². The number of nitrogens with zero attached hydrogens (tertiary/aromatic N) is 2. The predicted molar refractivity (Wildman–Crippen MR) is 44.7 cm³/mol. The lowest BCUT2D eigenvalue weighted by Gasteiger charge is -2.03. The summed E-state index contributed by atoms with van der Waals surface area (Å²) < 4.78 is 29.6. The number of carbonyl (C=O) groups excluding carboxylic acids is 1. The highest BCUT2D eigenvalue weighted by atomic mass is 19.3. The van der Waals surface area contributed by atoms with Gasteiger partial charge < -0.3 is 4.74 Å². The van der Waals surface area contributed by atoms with E-state index in [1.807, 2.05) is 0 Å². The molecule has 1 heterocycles. The van der Waals surface area contributed by atoms with E-state index in [0.717, 1.165) is 0 Å². The molecule has 0 spiro atoms. The van der Waals surface area contributed by atoms with Crippen LogP contribution >= 0.6 is 0 Å². The molecule has 0 aromatic carbocycles. The average molecular weight is 204 g/mol. The molecule has 0 atom stereocenters. The van der Waals surface area contributed by atoms with Gasteiger partial charge in [-0.3, -0.25) is 4.79 Å². The van der Waals surface area contributed by atoms with Crippen molar-refractivity contribution < 1.29 is 18.3 Å². The van der Waals surface area contributed by atoms with E-state index in [0.29, 0.717) is 0 Å². The smallest absolute Gasteiger partial charge is 0.272 e. The summed E-state index contributed by atoms with van der Waals surface area (Å²) in [5.41, 5.74) is 0.205. The molecule has 1 rings (SSSR count). The highest BCUT2D eigenvalue weighted by Gasteiger charge is 2.11. The molecule has 78 valence electrons. The number of Topliss-reactive ketones (excluding diaryl/α,β-unsaturated/α-hetero) is 1. The second kappa shape index (κ2) is 4.17. The van der Waals surface area contributed by atoms with Crippen LogP contribution in [0.15, 0.2) is 6.07 Å². The SMILES string of the molecule is CC(=O)c1cc(OCC(F)F)n(C)n1. The van der Waals surface area contributed by atoms with Crippen LogP contribution in [-0.2, 0) is 7.05 Å². The maximum absolute atomic E-state index is 11.8. The molecule has 1 aromatic heterocycles. The van der Waals surface area contributed by atoms with Crippen molar-refractivity contribution in [1.82, 2.24) is 9.78 Å². The third-order valence-corrected chi connectivity index (χ3v) is 1.55. The van der Waals surface area contributed by atoms with Crippen molar-refractivity contribution >= 4 is 5.78 Å². The number of alkyl halides is 2. The van der Waals surface area contributed by atoms with Crippen molar-refractivity contribution in [3.8, 4) is 5.88 Å². The normalized spacial score (nSPS) is 10.6. The number of aromatic nitrogens is 2. The van der Waals surface area contributed by atoms with Gasteiger partial charge >= 0.3 is 0 Å². The maximum Gasteiger partial charge on any atom is 0.272 e. The van der Waals surface area contributed by atoms with Crippen molar-refractivity contribution in [2.45, 2.75) is 13.3 Å². The van der Waals surface area contributed by atoms with Crippen molar-refractivity contribution in [3.63, 3.8) is 0 Å². The summed E-state index contributed by atoms with van der Waals surface area (Å²) in [5.74, 6) is -0.0667. The van der Waals surface area contributed by atoms with Crippen LogP contribution in [-0.4, -0.2) is 28.6 Å². The van der Waals surface area contributed by atoms with Gasteiger partial charge in [0.2, 0.25) is 5.88 Å². The Morgan fingerprint density at radius 2 is 2.36 bits per heavy atom. The Bertz CT molecular complexity index is 336. The second-order valence-electron chi connectivity index (χ2n) is 2.75. The summed E-state index contributed by atoms with van der Waals surface area (Å²) >= 11 is 0. The van der Waals surface area contributed by atoms with E-state index in [4.69, 9.17) is 4.74 Å². The summed E-state index contributed by atoms with van der Waals surface area (Å²) in [4.78, 5) is 10.9. The first kappa shape index (κ1) is 10.6. The van der Waals surface area contributed by atoms with E-state index in [2.05, 4.69) is 5.10 Å². The molecule has 0 amide bonds. The third-order valence-electron chi connectivity index (χ3n) is 1.55. The highest BCUT2D eigenvalue weighted by molar-refractivity contribution is 5.92. The fourth-order valence-corrected chi connectivity index (χ4v) is 0.906. The minimum atomic E-state index is -2.54. The zero-order chi connectivity index (χ0) is 10.7. The lowest BCUT2D eigenvalue weighted by molar-refractivity contribution is 0.0774. The lowest BCUT2D eigenvalue weighted by Crippen LogP contribution is -2.09. The molecule has 0 bridgehead atoms. The number of ether oxygens (including phenoxy) is 1. The molecule has 0 N–H and O–H groups in total. The summed E-state index contributed by atoms with van der Waals surface area (Å²) in [7, 11) is 1.52. The van der Waals surface area contributed by atoms with E-state index >= 15 is 0 Å². The van der Waals surface area contributed by atoms with Gasteiger partial charge in [-0.1, -0.05) is 0 Å². The van der Waals surface area contributed by atoms with Gasteiger partial charge in [-0.2, -0.15) is 5.10 Å². The Kier molecular flexibility index (Phi) is 3.16. The van der Waals surface area contributed by atoms with Crippen LogP contribution in [0, 0.1) is 0 Å². The Morgan fingerprint density at radius 1 is 1.71 bits per heavy atom. The first-order valence-electron chi connectivity index (χ1n) is 3.96. The molecule has 14 heavy (non-hydrogen) atoms. The predicted octanol–water partition coefficient (Wildman–Crippen LogP) is 1.27. The standard InChI is InChI=1S/C8H10F2N2O2/c1-5(13)6-3-8(12(2)11-6)14-4-7(9)10/h3,7H,4H2,1-2H3. The summed E-state index contributed by atoms with van der Waals surface area (Å²) in [5, 5.41) is 3.79. The van der Waals surface area contributed by atoms with E-state index in [1.54, 1.807) is 0 Å². The first-order chi connectivity index (χ1) is 6.50. The monoisotopic (exact) mass is 204 g/mol. The number of carbonyl (C=O) groups is 1. The first-order valence-corrected chi connectivity index (χ1v) is 3.96. The molecule has 0 aliphatic rings. The molecule has 4 nitrogen and oxygen atoms in total. The van der Waals surface area contributed by atoms with Crippen molar-refractivity contribution in [2.24, 2.45) is 7.05 Å². The zero-order valence-electron chi connectivity index (χ0n) is 7.83. The molecule has 0 aliphatic heterocycles. The van der Waals surface area contributed by atoms with Crippen LogP contribution in [0.3, 0.4) is 0 Å². The van der Waals surface area contributed by atoms with Crippen LogP contribution in [0.1, 0.15) is 17.4 Å². The Morgan fingerprint density at radius 3 is 2.79 bits per heavy atom. The Hall–Kier alpha value is -1.46. The van der Waals surface area contributed by atoms with Crippen molar-refractivity contribution in [2.75, 3.05) is 6.61 Å². The number of rotatable bonds is 4. The molecule has 1 aromatic rings. The van der Waals surface area contributed by atoms with Gasteiger partial charge in [0.15, 0.2) is 12.4 Å². The largest absolute Gasteiger partial charge is 0.472 e. The van der Waals surface area contributed by atoms with Gasteiger partial charge in [0.05, 0.1) is 0 Å². The van der Waals surface area contributed by atoms with E-state index in [1.165, 1.54) is 24.7 Å². The molecule has 6 heteroatoms. The van der Waals surface area contributed by atoms with Gasteiger partial charge in [0, 0.05) is 20.0 Å². The number of hydrogen-bond donors (Lipinski definition) is 0. The quantitative estimate of drug-likeness (QED) is 0.693. The molecular formula is C8H10F2N2O2. The fourth-order valence-electron chi connectivity index (χ4n) is 0.906. The summed E-state index contributed by atoms with van der Waals surface area (Å²) in [6.07, 6.45) is -2.54. The highest BCUT2D eigenvalue weighted by Crippen LogP contribution is 2.13. The summed E-state index contributed by atoms with van der Waals surface area (Å²) in [6.45, 7) is 0.649. The van der Waals surface area contributed by atoms with Crippen LogP contribution < -0.4 is 4.74 Å². The minimum Gasteiger partial charge on any atom is -0.472 e. The Labute approximate surface area is 79.5 Å². The fraction of sp³-hybridized carbons (Fsp3) is 0.500. The molecule has 0 unspecified atom stereocenters. The van der Waals surface area contributed by atoms with E-state index < -0.39 is 13.0 Å². The number of hydrogen-bond acceptors (Lipinski definition) is 3. The number of halogens is 2. The van der Waals surface area contributed by atoms with Crippen molar-refractivity contribution in [1.29, 1.82) is 0 Å². The topological polar surface area (TPSA) is 44.1 Å².